The molecule has 3 aliphatic carbocycles. The first-order chi connectivity index (χ1) is 15.6. The number of carbonyl (C=O) groups excluding carboxylic acids is 2. The van der Waals surface area contributed by atoms with Gasteiger partial charge in [-0.2, -0.15) is 0 Å². The van der Waals surface area contributed by atoms with Gasteiger partial charge in [0.1, 0.15) is 0 Å². The van der Waals surface area contributed by atoms with Crippen LogP contribution in [0.4, 0.5) is 0 Å². The van der Waals surface area contributed by atoms with Crippen molar-refractivity contribution in [3.63, 3.8) is 0 Å². The minimum Gasteiger partial charge on any atom is -0.472 e. The van der Waals surface area contributed by atoms with Gasteiger partial charge in [0.25, 0.3) is 0 Å². The van der Waals surface area contributed by atoms with Crippen LogP contribution in [-0.4, -0.2) is 42.3 Å². The Morgan fingerprint density at radius 3 is 2.61 bits per heavy atom. The third-order valence-electron chi connectivity index (χ3n) is 9.68. The third-order valence-corrected chi connectivity index (χ3v) is 9.68. The maximum atomic E-state index is 13.6. The number of furan rings is 1. The Hall–Kier alpha value is -2.18. The molecule has 1 aliphatic heterocycles. The summed E-state index contributed by atoms with van der Waals surface area (Å²) < 4.78 is 17.1. The predicted octanol–water partition coefficient (Wildman–Crippen LogP) is 4.20. The summed E-state index contributed by atoms with van der Waals surface area (Å²) in [6.45, 7) is 10.1. The molecule has 1 saturated carbocycles. The normalized spacial score (nSPS) is 46.2. The van der Waals surface area contributed by atoms with Crippen LogP contribution in [0.3, 0.4) is 0 Å². The number of fused-ring (bicyclic) bond motifs is 4. The lowest BCUT2D eigenvalue weighted by Crippen LogP contribution is -2.69. The van der Waals surface area contributed by atoms with Gasteiger partial charge in [-0.1, -0.05) is 38.8 Å². The van der Waals surface area contributed by atoms with Crippen molar-refractivity contribution < 1.29 is 28.6 Å². The zero-order chi connectivity index (χ0) is 23.9. The monoisotopic (exact) mass is 454 g/mol. The summed E-state index contributed by atoms with van der Waals surface area (Å²) in [6, 6.07) is 2.00. The van der Waals surface area contributed by atoms with Crippen LogP contribution in [0.5, 0.6) is 0 Å². The van der Waals surface area contributed by atoms with Crippen molar-refractivity contribution in [1.29, 1.82) is 0 Å². The molecule has 1 aromatic rings. The summed E-state index contributed by atoms with van der Waals surface area (Å²) in [5, 5.41) is 11.9. The molecule has 178 valence electrons. The Labute approximate surface area is 195 Å². The largest absolute Gasteiger partial charge is 0.472 e. The van der Waals surface area contributed by atoms with Crippen LogP contribution < -0.4 is 0 Å². The first-order valence-electron chi connectivity index (χ1n) is 12.0. The number of ketones is 1. The number of hydrogen-bond acceptors (Lipinski definition) is 6. The van der Waals surface area contributed by atoms with Gasteiger partial charge in [-0.25, -0.2) is 0 Å². The highest BCUT2D eigenvalue weighted by molar-refractivity contribution is 5.99. The molecule has 2 fully saturated rings. The number of esters is 1. The summed E-state index contributed by atoms with van der Waals surface area (Å²) in [4.78, 5) is 26.6. The molecule has 6 heteroatoms. The Balaban J connectivity index is 1.69. The average molecular weight is 455 g/mol. The molecule has 0 aromatic carbocycles. The van der Waals surface area contributed by atoms with Crippen molar-refractivity contribution in [2.75, 3.05) is 7.11 Å². The van der Waals surface area contributed by atoms with Gasteiger partial charge >= 0.3 is 5.97 Å². The van der Waals surface area contributed by atoms with Crippen molar-refractivity contribution in [2.24, 2.45) is 28.1 Å². The number of aliphatic hydroxyl groups is 1. The third kappa shape index (κ3) is 2.57. The number of ether oxygens (including phenoxy) is 2. The van der Waals surface area contributed by atoms with Crippen LogP contribution in [0.2, 0.25) is 0 Å². The molecule has 2 heterocycles. The van der Waals surface area contributed by atoms with Gasteiger partial charge in [-0.15, -0.1) is 0 Å². The zero-order valence-electron chi connectivity index (χ0n) is 20.3. The second-order valence-electron chi connectivity index (χ2n) is 11.0. The Kier molecular flexibility index (Phi) is 4.90. The van der Waals surface area contributed by atoms with E-state index in [4.69, 9.17) is 13.9 Å². The molecule has 5 rings (SSSR count). The molecule has 6 nitrogen and oxygen atoms in total. The Morgan fingerprint density at radius 2 is 2.00 bits per heavy atom. The number of aliphatic hydroxyl groups excluding tert-OH is 1. The van der Waals surface area contributed by atoms with Crippen LogP contribution in [0.25, 0.3) is 0 Å². The average Bonchev–Trinajstić information content (AvgIpc) is 3.48. The quantitative estimate of drug-likeness (QED) is 0.544. The van der Waals surface area contributed by atoms with Crippen LogP contribution in [0.1, 0.15) is 58.9 Å². The first-order valence-corrected chi connectivity index (χ1v) is 12.0. The Morgan fingerprint density at radius 1 is 1.27 bits per heavy atom. The maximum Gasteiger partial charge on any atom is 0.315 e. The fraction of sp³-hybridized carbons (Fsp3) is 0.630. The predicted molar refractivity (Wildman–Crippen MR) is 121 cm³/mol. The van der Waals surface area contributed by atoms with Gasteiger partial charge in [-0.3, -0.25) is 9.59 Å². The van der Waals surface area contributed by atoms with Crippen molar-refractivity contribution in [2.45, 2.75) is 71.7 Å². The molecule has 9 atom stereocenters. The fourth-order valence-electron chi connectivity index (χ4n) is 8.46. The summed E-state index contributed by atoms with van der Waals surface area (Å²) >= 11 is 0. The van der Waals surface area contributed by atoms with E-state index >= 15 is 0 Å². The second-order valence-corrected chi connectivity index (χ2v) is 11.0. The van der Waals surface area contributed by atoms with Crippen molar-refractivity contribution >= 4 is 11.8 Å². The summed E-state index contributed by atoms with van der Waals surface area (Å²) in [5.74, 6) is -1.02. The van der Waals surface area contributed by atoms with E-state index in [0.29, 0.717) is 0 Å². The van der Waals surface area contributed by atoms with Crippen LogP contribution in [-0.2, 0) is 19.1 Å². The first kappa shape index (κ1) is 22.6. The molecule has 33 heavy (non-hydrogen) atoms. The van der Waals surface area contributed by atoms with E-state index in [9.17, 15) is 14.7 Å². The lowest BCUT2D eigenvalue weighted by Gasteiger charge is -2.62. The number of methoxy groups -OCH3 is 1. The minimum absolute atomic E-state index is 0.0365. The fourth-order valence-corrected chi connectivity index (χ4v) is 8.46. The van der Waals surface area contributed by atoms with Crippen molar-refractivity contribution in [3.8, 4) is 0 Å². The molecular weight excluding hydrogens is 420 g/mol. The number of rotatable bonds is 3. The van der Waals surface area contributed by atoms with E-state index < -0.39 is 40.3 Å². The Bertz CT molecular complexity index is 1050. The molecule has 4 aliphatic rings. The highest BCUT2D eigenvalue weighted by atomic mass is 16.5. The van der Waals surface area contributed by atoms with E-state index in [1.165, 1.54) is 24.3 Å². The molecule has 0 amide bonds. The standard InChI is InChI=1S/C27H34O6/c1-7-18-26(4)19(28)8-10-25(3,24(30)31-6)22(26)21(29)23-27(18,5)20-14(2)16(12-17(20)33-23)15-9-11-32-13-15/h8-11,13,16-18,21-23,29H,7,12H2,1-6H3/t16-,17-,18-,21-,22+,23-,25-,26+,27-/m1/s1. The van der Waals surface area contributed by atoms with E-state index in [0.717, 1.165) is 18.4 Å². The molecule has 1 aromatic heterocycles. The van der Waals surface area contributed by atoms with Crippen LogP contribution >= 0.6 is 0 Å². The van der Waals surface area contributed by atoms with Gasteiger partial charge in [0.15, 0.2) is 5.78 Å². The second kappa shape index (κ2) is 7.16. The number of allylic oxidation sites excluding steroid dienone is 2. The van der Waals surface area contributed by atoms with Crippen LogP contribution in [0, 0.1) is 28.1 Å². The summed E-state index contributed by atoms with van der Waals surface area (Å²) in [6.07, 6.45) is 6.55. The molecule has 0 unspecified atom stereocenters. The van der Waals surface area contributed by atoms with Gasteiger partial charge < -0.3 is 19.0 Å². The van der Waals surface area contributed by atoms with Gasteiger partial charge in [0, 0.05) is 22.7 Å². The van der Waals surface area contributed by atoms with E-state index in [2.05, 4.69) is 20.8 Å². The molecule has 1 saturated heterocycles. The highest BCUT2D eigenvalue weighted by Crippen LogP contribution is 2.69. The highest BCUT2D eigenvalue weighted by Gasteiger charge is 2.73. The van der Waals surface area contributed by atoms with E-state index in [1.54, 1.807) is 25.5 Å². The number of carbonyl (C=O) groups is 2. The van der Waals surface area contributed by atoms with E-state index in [-0.39, 0.29) is 23.7 Å². The van der Waals surface area contributed by atoms with Crippen molar-refractivity contribution in [3.05, 3.63) is 47.5 Å². The van der Waals surface area contributed by atoms with E-state index in [1.807, 2.05) is 13.0 Å². The maximum absolute atomic E-state index is 13.6. The topological polar surface area (TPSA) is 86.0 Å². The molecule has 1 N–H and O–H groups in total. The molecular formula is C27H34O6. The summed E-state index contributed by atoms with van der Waals surface area (Å²) in [7, 11) is 1.35. The van der Waals surface area contributed by atoms with Gasteiger partial charge in [-0.05, 0) is 49.5 Å². The lowest BCUT2D eigenvalue weighted by molar-refractivity contribution is -0.214. The molecule has 0 bridgehead atoms. The smallest absolute Gasteiger partial charge is 0.315 e. The lowest BCUT2D eigenvalue weighted by atomic mass is 9.41. The van der Waals surface area contributed by atoms with Crippen LogP contribution in [0.15, 0.2) is 46.3 Å². The molecule has 0 spiro atoms. The SMILES string of the molecule is CC[C@H]1[C@]2(C)C3=C(C)[C@H](c4ccoc4)C[C@H]3O[C@@H]2[C@H](O)[C@@H]2[C@]1(C)C(=O)C=C[C@@]2(C)C(=O)OC. The van der Waals surface area contributed by atoms with Gasteiger partial charge in [0.2, 0.25) is 0 Å². The van der Waals surface area contributed by atoms with Crippen molar-refractivity contribution in [1.82, 2.24) is 0 Å². The minimum atomic E-state index is -1.12. The summed E-state index contributed by atoms with van der Waals surface area (Å²) in [5.41, 5.74) is 1.01. The molecule has 0 radical (unpaired) electrons. The zero-order valence-corrected chi connectivity index (χ0v) is 20.3. The number of hydrogen-bond donors (Lipinski definition) is 1. The van der Waals surface area contributed by atoms with Gasteiger partial charge in [0.05, 0.1) is 43.4 Å².